The molecule has 2 amide bonds. The quantitative estimate of drug-likeness (QED) is 0.347. The first-order valence-corrected chi connectivity index (χ1v) is 9.93. The normalized spacial score (nSPS) is 12.3. The SMILES string of the molecule is COc1cc(OC(F)(F)F)ccc1Oc1ccc(C(F)(F)F)c(F)c1C(=O)N=c1ccn(O)c(C(N)=O)c1. The number of halogens is 7. The van der Waals surface area contributed by atoms with Gasteiger partial charge >= 0.3 is 12.5 Å². The van der Waals surface area contributed by atoms with Gasteiger partial charge in [0, 0.05) is 12.3 Å². The first-order valence-electron chi connectivity index (χ1n) is 9.93. The maximum absolute atomic E-state index is 15.0. The molecule has 0 aliphatic carbocycles. The molecule has 0 radical (unpaired) electrons. The van der Waals surface area contributed by atoms with Crippen molar-refractivity contribution >= 4 is 11.8 Å². The van der Waals surface area contributed by atoms with E-state index in [1.165, 1.54) is 0 Å². The van der Waals surface area contributed by atoms with Gasteiger partial charge in [0.05, 0.1) is 18.0 Å². The molecule has 0 spiro atoms. The maximum atomic E-state index is 15.0. The minimum Gasteiger partial charge on any atom is -0.493 e. The van der Waals surface area contributed by atoms with Gasteiger partial charge in [0.15, 0.2) is 17.3 Å². The second kappa shape index (κ2) is 10.3. The summed E-state index contributed by atoms with van der Waals surface area (Å²) in [5.74, 6) is -7.21. The number of hydrogen-bond acceptors (Lipinski definition) is 6. The zero-order valence-electron chi connectivity index (χ0n) is 18.7. The lowest BCUT2D eigenvalue weighted by Crippen LogP contribution is -2.22. The average Bonchev–Trinajstić information content (AvgIpc) is 2.79. The number of aromatic nitrogens is 1. The van der Waals surface area contributed by atoms with E-state index >= 15 is 4.39 Å². The number of carbonyl (C=O) groups is 2. The van der Waals surface area contributed by atoms with E-state index in [-0.39, 0.29) is 10.8 Å². The van der Waals surface area contributed by atoms with Crippen LogP contribution in [-0.4, -0.2) is 35.2 Å². The molecule has 1 aromatic heterocycles. The smallest absolute Gasteiger partial charge is 0.493 e. The largest absolute Gasteiger partial charge is 0.573 e. The predicted octanol–water partition coefficient (Wildman–Crippen LogP) is 4.42. The highest BCUT2D eigenvalue weighted by molar-refractivity contribution is 5.98. The van der Waals surface area contributed by atoms with Crippen molar-refractivity contribution in [2.24, 2.45) is 10.7 Å². The summed E-state index contributed by atoms with van der Waals surface area (Å²) in [6.45, 7) is 0. The number of methoxy groups -OCH3 is 1. The van der Waals surface area contributed by atoms with E-state index < -0.39 is 75.3 Å². The fourth-order valence-electron chi connectivity index (χ4n) is 3.02. The molecule has 3 rings (SSSR count). The lowest BCUT2D eigenvalue weighted by Gasteiger charge is -2.16. The molecule has 0 unspecified atom stereocenters. The Hall–Kier alpha value is -4.76. The number of ether oxygens (including phenoxy) is 3. The van der Waals surface area contributed by atoms with Gasteiger partial charge < -0.3 is 25.2 Å². The molecule has 0 aliphatic rings. The second-order valence-corrected chi connectivity index (χ2v) is 7.16. The van der Waals surface area contributed by atoms with Gasteiger partial charge in [0.1, 0.15) is 22.8 Å². The lowest BCUT2D eigenvalue weighted by atomic mass is 10.1. The zero-order valence-corrected chi connectivity index (χ0v) is 18.7. The highest BCUT2D eigenvalue weighted by Crippen LogP contribution is 2.40. The number of carbonyl (C=O) groups excluding carboxylic acids is 2. The third kappa shape index (κ3) is 6.32. The number of alkyl halides is 6. The van der Waals surface area contributed by atoms with Gasteiger partial charge in [-0.2, -0.15) is 17.9 Å². The van der Waals surface area contributed by atoms with Gasteiger partial charge in [-0.25, -0.2) is 9.38 Å². The Labute approximate surface area is 207 Å². The average molecular weight is 549 g/mol. The number of nitrogens with two attached hydrogens (primary N) is 1. The van der Waals surface area contributed by atoms with E-state index in [9.17, 15) is 41.1 Å². The Morgan fingerprint density at radius 2 is 1.63 bits per heavy atom. The molecule has 0 fully saturated rings. The second-order valence-electron chi connectivity index (χ2n) is 7.16. The number of hydrogen-bond donors (Lipinski definition) is 2. The maximum Gasteiger partial charge on any atom is 0.573 e. The highest BCUT2D eigenvalue weighted by atomic mass is 19.4. The standard InChI is InChI=1S/C22H14F7N3O6/c1-36-16-9-11(38-22(27,28)29)2-4-14(16)37-15-5-3-12(21(24,25)26)18(23)17(15)20(34)31-10-6-7-32(35)13(8-10)19(30)33/h2-9,35H,1H3,(H2,30,33). The van der Waals surface area contributed by atoms with E-state index in [1.807, 2.05) is 0 Å². The summed E-state index contributed by atoms with van der Waals surface area (Å²) in [4.78, 5) is 27.7. The number of nitrogens with zero attached hydrogens (tertiary/aromatic N) is 2. The number of benzene rings is 2. The van der Waals surface area contributed by atoms with Crippen LogP contribution >= 0.6 is 0 Å². The van der Waals surface area contributed by atoms with Crippen LogP contribution in [0.5, 0.6) is 23.0 Å². The summed E-state index contributed by atoms with van der Waals surface area (Å²) in [5.41, 5.74) is 1.35. The van der Waals surface area contributed by atoms with E-state index in [2.05, 4.69) is 9.73 Å². The minimum atomic E-state index is -5.24. The van der Waals surface area contributed by atoms with Gasteiger partial charge in [-0.3, -0.25) is 9.59 Å². The van der Waals surface area contributed by atoms with Gasteiger partial charge in [0.25, 0.3) is 11.8 Å². The van der Waals surface area contributed by atoms with Gasteiger partial charge in [-0.05, 0) is 36.4 Å². The first kappa shape index (κ1) is 27.8. The van der Waals surface area contributed by atoms with Crippen molar-refractivity contribution in [1.82, 2.24) is 4.73 Å². The van der Waals surface area contributed by atoms with Crippen LogP contribution in [0.3, 0.4) is 0 Å². The molecule has 3 N–H and O–H groups in total. The van der Waals surface area contributed by atoms with E-state index in [4.69, 9.17) is 15.2 Å². The Balaban J connectivity index is 2.14. The van der Waals surface area contributed by atoms with Crippen LogP contribution in [0.25, 0.3) is 0 Å². The zero-order chi connectivity index (χ0) is 28.4. The van der Waals surface area contributed by atoms with Crippen molar-refractivity contribution in [2.75, 3.05) is 7.11 Å². The molecule has 0 aliphatic heterocycles. The Morgan fingerprint density at radius 1 is 0.974 bits per heavy atom. The van der Waals surface area contributed by atoms with Crippen molar-refractivity contribution in [2.45, 2.75) is 12.5 Å². The third-order valence-corrected chi connectivity index (χ3v) is 4.61. The summed E-state index contributed by atoms with van der Waals surface area (Å²) >= 11 is 0. The molecule has 2 aromatic carbocycles. The molecule has 0 atom stereocenters. The molecule has 38 heavy (non-hydrogen) atoms. The van der Waals surface area contributed by atoms with Crippen molar-refractivity contribution < 1.29 is 59.7 Å². The number of amides is 2. The van der Waals surface area contributed by atoms with E-state index in [0.29, 0.717) is 6.07 Å². The summed E-state index contributed by atoms with van der Waals surface area (Å²) < 4.78 is 107. The van der Waals surface area contributed by atoms with Crippen LogP contribution < -0.4 is 25.3 Å². The van der Waals surface area contributed by atoms with Crippen molar-refractivity contribution in [3.63, 3.8) is 0 Å². The summed E-state index contributed by atoms with van der Waals surface area (Å²) in [7, 11) is 1.02. The van der Waals surface area contributed by atoms with Crippen LogP contribution in [0.1, 0.15) is 26.4 Å². The van der Waals surface area contributed by atoms with Crippen LogP contribution in [-0.2, 0) is 6.18 Å². The summed E-state index contributed by atoms with van der Waals surface area (Å²) in [5, 5.41) is 9.17. The number of primary amides is 1. The third-order valence-electron chi connectivity index (χ3n) is 4.61. The molecule has 1 heterocycles. The molecular formula is C22H14F7N3O6. The fourth-order valence-corrected chi connectivity index (χ4v) is 3.02. The first-order chi connectivity index (χ1) is 17.6. The molecular weight excluding hydrogens is 535 g/mol. The Morgan fingerprint density at radius 3 is 2.21 bits per heavy atom. The fraction of sp³-hybridized carbons (Fsp3) is 0.136. The van der Waals surface area contributed by atoms with Crippen LogP contribution in [0.2, 0.25) is 0 Å². The molecule has 0 bridgehead atoms. The van der Waals surface area contributed by atoms with Gasteiger partial charge in [-0.15, -0.1) is 13.2 Å². The van der Waals surface area contributed by atoms with Crippen molar-refractivity contribution in [3.8, 4) is 23.0 Å². The molecule has 0 saturated carbocycles. The monoisotopic (exact) mass is 549 g/mol. The highest BCUT2D eigenvalue weighted by Gasteiger charge is 2.37. The molecule has 9 nitrogen and oxygen atoms in total. The molecule has 16 heteroatoms. The van der Waals surface area contributed by atoms with Crippen molar-refractivity contribution in [1.29, 1.82) is 0 Å². The minimum absolute atomic E-state index is 0.275. The Bertz CT molecular complexity index is 1470. The topological polar surface area (TPSA) is 125 Å². The molecule has 0 saturated heterocycles. The number of rotatable bonds is 6. The van der Waals surface area contributed by atoms with Gasteiger partial charge in [-0.1, -0.05) is 0 Å². The summed E-state index contributed by atoms with van der Waals surface area (Å²) in [6, 6.07) is 5.00. The van der Waals surface area contributed by atoms with E-state index in [1.54, 1.807) is 0 Å². The van der Waals surface area contributed by atoms with Crippen LogP contribution in [0.15, 0.2) is 53.7 Å². The van der Waals surface area contributed by atoms with Crippen molar-refractivity contribution in [3.05, 3.63) is 76.7 Å². The van der Waals surface area contributed by atoms with Crippen LogP contribution in [0, 0.1) is 5.82 Å². The lowest BCUT2D eigenvalue weighted by molar-refractivity contribution is -0.274. The predicted molar refractivity (Wildman–Crippen MR) is 111 cm³/mol. The number of pyridine rings is 1. The molecule has 3 aromatic rings. The Kier molecular flexibility index (Phi) is 7.55. The van der Waals surface area contributed by atoms with Crippen LogP contribution in [0.4, 0.5) is 30.7 Å². The molecule has 202 valence electrons. The van der Waals surface area contributed by atoms with Gasteiger partial charge in [0.2, 0.25) is 0 Å². The van der Waals surface area contributed by atoms with E-state index in [0.717, 1.165) is 43.6 Å². The summed E-state index contributed by atoms with van der Waals surface area (Å²) in [6.07, 6.45) is -9.45.